The number of aryl methyl sites for hydroxylation is 2. The van der Waals surface area contributed by atoms with Crippen LogP contribution in [0.1, 0.15) is 53.2 Å². The summed E-state index contributed by atoms with van der Waals surface area (Å²) in [5.41, 5.74) is 6.63. The highest BCUT2D eigenvalue weighted by Gasteiger charge is 2.35. The molecule has 0 spiro atoms. The largest absolute Gasteiger partial charge is 0.448 e. The van der Waals surface area contributed by atoms with Crippen molar-refractivity contribution in [1.82, 2.24) is 4.90 Å². The number of rotatable bonds is 5. The molecule has 2 heterocycles. The lowest BCUT2D eigenvalue weighted by atomic mass is 9.96. The van der Waals surface area contributed by atoms with Crippen LogP contribution in [0.4, 0.5) is 0 Å². The standard InChI is InChI=1S/C19H26N2O4S/c1-11(2)16(18(23)21-8-4-6-13(10-21)17(20)22)25-19(24)15-9-12-5-3-7-14(12)26-15/h9,11,13,16H,3-8,10H2,1-2H3,(H2,20,22)/t13-,16-/m1/s1. The van der Waals surface area contributed by atoms with E-state index in [-0.39, 0.29) is 23.7 Å². The number of nitrogens with two attached hydrogens (primary N) is 1. The van der Waals surface area contributed by atoms with Crippen molar-refractivity contribution in [2.75, 3.05) is 13.1 Å². The maximum absolute atomic E-state index is 12.9. The quantitative estimate of drug-likeness (QED) is 0.795. The van der Waals surface area contributed by atoms with Crippen molar-refractivity contribution in [3.05, 3.63) is 21.4 Å². The number of fused-ring (bicyclic) bond motifs is 1. The van der Waals surface area contributed by atoms with Crippen LogP contribution >= 0.6 is 11.3 Å². The fraction of sp³-hybridized carbons (Fsp3) is 0.632. The third kappa shape index (κ3) is 3.92. The van der Waals surface area contributed by atoms with E-state index in [0.29, 0.717) is 24.4 Å². The molecule has 3 rings (SSSR count). The molecule has 7 heteroatoms. The summed E-state index contributed by atoms with van der Waals surface area (Å²) >= 11 is 1.47. The average Bonchev–Trinajstić information content (AvgIpc) is 3.20. The summed E-state index contributed by atoms with van der Waals surface area (Å²) in [5.74, 6) is -1.51. The van der Waals surface area contributed by atoms with E-state index in [9.17, 15) is 14.4 Å². The van der Waals surface area contributed by atoms with Crippen LogP contribution in [0, 0.1) is 11.8 Å². The van der Waals surface area contributed by atoms with Crippen molar-refractivity contribution < 1.29 is 19.1 Å². The van der Waals surface area contributed by atoms with E-state index in [1.807, 2.05) is 19.9 Å². The lowest BCUT2D eigenvalue weighted by Crippen LogP contribution is -2.50. The number of nitrogens with zero attached hydrogens (tertiary/aromatic N) is 1. The van der Waals surface area contributed by atoms with Gasteiger partial charge in [0.1, 0.15) is 4.88 Å². The first-order valence-corrected chi connectivity index (χ1v) is 10.1. The second-order valence-electron chi connectivity index (χ2n) is 7.51. The zero-order valence-corrected chi connectivity index (χ0v) is 16.1. The van der Waals surface area contributed by atoms with Crippen LogP contribution in [0.2, 0.25) is 0 Å². The molecule has 2 amide bonds. The Balaban J connectivity index is 1.68. The third-order valence-electron chi connectivity index (χ3n) is 5.17. The lowest BCUT2D eigenvalue weighted by molar-refractivity contribution is -0.145. The smallest absolute Gasteiger partial charge is 0.349 e. The molecule has 0 bridgehead atoms. The van der Waals surface area contributed by atoms with Crippen LogP contribution in [0.15, 0.2) is 6.07 Å². The Hall–Kier alpha value is -1.89. The molecule has 1 fully saturated rings. The zero-order chi connectivity index (χ0) is 18.8. The van der Waals surface area contributed by atoms with E-state index in [1.54, 1.807) is 4.90 Å². The minimum atomic E-state index is -0.842. The number of carbonyl (C=O) groups excluding carboxylic acids is 3. The molecule has 26 heavy (non-hydrogen) atoms. The summed E-state index contributed by atoms with van der Waals surface area (Å²) in [6.07, 6.45) is 3.75. The molecule has 142 valence electrons. The molecule has 6 nitrogen and oxygen atoms in total. The van der Waals surface area contributed by atoms with Gasteiger partial charge in [0.05, 0.1) is 5.92 Å². The average molecular weight is 378 g/mol. The summed E-state index contributed by atoms with van der Waals surface area (Å²) in [4.78, 5) is 40.4. The maximum Gasteiger partial charge on any atom is 0.349 e. The fourth-order valence-electron chi connectivity index (χ4n) is 3.66. The van der Waals surface area contributed by atoms with Gasteiger partial charge < -0.3 is 15.4 Å². The number of hydrogen-bond acceptors (Lipinski definition) is 5. The van der Waals surface area contributed by atoms with E-state index < -0.39 is 12.1 Å². The van der Waals surface area contributed by atoms with Gasteiger partial charge in [0.25, 0.3) is 5.91 Å². The predicted octanol–water partition coefficient (Wildman–Crippen LogP) is 2.14. The molecule has 1 aromatic heterocycles. The first kappa shape index (κ1) is 18.9. The number of hydrogen-bond donors (Lipinski definition) is 1. The summed E-state index contributed by atoms with van der Waals surface area (Å²) in [7, 11) is 0. The second-order valence-corrected chi connectivity index (χ2v) is 8.65. The molecule has 2 N–H and O–H groups in total. The Morgan fingerprint density at radius 2 is 2.04 bits per heavy atom. The van der Waals surface area contributed by atoms with E-state index in [0.717, 1.165) is 25.7 Å². The molecule has 1 saturated heterocycles. The normalized spacial score (nSPS) is 20.7. The number of piperidine rings is 1. The number of likely N-dealkylation sites (tertiary alicyclic amines) is 1. The second kappa shape index (κ2) is 7.78. The van der Waals surface area contributed by atoms with Gasteiger partial charge in [-0.15, -0.1) is 11.3 Å². The van der Waals surface area contributed by atoms with Crippen LogP contribution in [0.25, 0.3) is 0 Å². The highest BCUT2D eigenvalue weighted by Crippen LogP contribution is 2.31. The van der Waals surface area contributed by atoms with Gasteiger partial charge in [0.15, 0.2) is 6.10 Å². The lowest BCUT2D eigenvalue weighted by Gasteiger charge is -2.34. The number of carbonyl (C=O) groups is 3. The van der Waals surface area contributed by atoms with Gasteiger partial charge in [0, 0.05) is 18.0 Å². The van der Waals surface area contributed by atoms with Crippen molar-refractivity contribution in [1.29, 1.82) is 0 Å². The number of primary amides is 1. The van der Waals surface area contributed by atoms with Gasteiger partial charge in [-0.25, -0.2) is 4.79 Å². The first-order valence-electron chi connectivity index (χ1n) is 9.27. The molecular formula is C19H26N2O4S. The molecule has 0 radical (unpaired) electrons. The summed E-state index contributed by atoms with van der Waals surface area (Å²) in [6.45, 7) is 4.60. The van der Waals surface area contributed by atoms with Crippen LogP contribution in [-0.2, 0) is 27.2 Å². The molecule has 2 atom stereocenters. The van der Waals surface area contributed by atoms with Crippen LogP contribution in [0.3, 0.4) is 0 Å². The van der Waals surface area contributed by atoms with Crippen LogP contribution in [0.5, 0.6) is 0 Å². The highest BCUT2D eigenvalue weighted by atomic mass is 32.1. The monoisotopic (exact) mass is 378 g/mol. The summed E-state index contributed by atoms with van der Waals surface area (Å²) < 4.78 is 5.61. The molecule has 0 saturated carbocycles. The Kier molecular flexibility index (Phi) is 5.65. The van der Waals surface area contributed by atoms with Crippen molar-refractivity contribution in [2.45, 2.75) is 52.1 Å². The maximum atomic E-state index is 12.9. The van der Waals surface area contributed by atoms with Crippen molar-refractivity contribution in [2.24, 2.45) is 17.6 Å². The Morgan fingerprint density at radius 3 is 2.69 bits per heavy atom. The van der Waals surface area contributed by atoms with E-state index in [2.05, 4.69) is 0 Å². The third-order valence-corrected chi connectivity index (χ3v) is 6.38. The summed E-state index contributed by atoms with van der Waals surface area (Å²) in [6, 6.07) is 1.90. The van der Waals surface area contributed by atoms with E-state index in [4.69, 9.17) is 10.5 Å². The van der Waals surface area contributed by atoms with Gasteiger partial charge in [0.2, 0.25) is 5.91 Å². The number of amides is 2. The number of thiophene rings is 1. The number of esters is 1. The SMILES string of the molecule is CC(C)[C@@H](OC(=O)c1cc2c(s1)CCC2)C(=O)N1CCC[C@@H](C(N)=O)C1. The van der Waals surface area contributed by atoms with Gasteiger partial charge >= 0.3 is 5.97 Å². The molecule has 0 aromatic carbocycles. The zero-order valence-electron chi connectivity index (χ0n) is 15.3. The first-order chi connectivity index (χ1) is 12.4. The predicted molar refractivity (Wildman–Crippen MR) is 98.9 cm³/mol. The van der Waals surface area contributed by atoms with Crippen LogP contribution in [-0.4, -0.2) is 41.9 Å². The van der Waals surface area contributed by atoms with Gasteiger partial charge in [-0.2, -0.15) is 0 Å². The molecule has 1 aliphatic heterocycles. The van der Waals surface area contributed by atoms with Crippen LogP contribution < -0.4 is 5.73 Å². The Labute approximate surface area is 157 Å². The Morgan fingerprint density at radius 1 is 1.27 bits per heavy atom. The number of ether oxygens (including phenoxy) is 1. The fourth-order valence-corrected chi connectivity index (χ4v) is 4.80. The summed E-state index contributed by atoms with van der Waals surface area (Å²) in [5, 5.41) is 0. The van der Waals surface area contributed by atoms with Gasteiger partial charge in [-0.3, -0.25) is 9.59 Å². The van der Waals surface area contributed by atoms with E-state index >= 15 is 0 Å². The van der Waals surface area contributed by atoms with Gasteiger partial charge in [-0.05, 0) is 49.7 Å². The molecule has 2 aliphatic rings. The Bertz CT molecular complexity index is 691. The van der Waals surface area contributed by atoms with Crippen molar-refractivity contribution in [3.8, 4) is 0 Å². The highest BCUT2D eigenvalue weighted by molar-refractivity contribution is 7.14. The molecule has 1 aliphatic carbocycles. The van der Waals surface area contributed by atoms with E-state index in [1.165, 1.54) is 21.8 Å². The van der Waals surface area contributed by atoms with Crippen molar-refractivity contribution >= 4 is 29.1 Å². The molecular weight excluding hydrogens is 352 g/mol. The van der Waals surface area contributed by atoms with Gasteiger partial charge in [-0.1, -0.05) is 13.8 Å². The topological polar surface area (TPSA) is 89.7 Å². The minimum Gasteiger partial charge on any atom is -0.448 e. The molecule has 0 unspecified atom stereocenters. The molecule has 1 aromatic rings. The minimum absolute atomic E-state index is 0.146. The van der Waals surface area contributed by atoms with Crippen molar-refractivity contribution in [3.63, 3.8) is 0 Å².